The van der Waals surface area contributed by atoms with Gasteiger partial charge in [0.1, 0.15) is 0 Å². The van der Waals surface area contributed by atoms with Crippen molar-refractivity contribution in [1.82, 2.24) is 4.57 Å². The van der Waals surface area contributed by atoms with Gasteiger partial charge in [-0.2, -0.15) is 0 Å². The summed E-state index contributed by atoms with van der Waals surface area (Å²) in [5, 5.41) is 19.7. The average Bonchev–Trinajstić information content (AvgIpc) is 2.96. The van der Waals surface area contributed by atoms with Gasteiger partial charge in [0.2, 0.25) is 0 Å². The van der Waals surface area contributed by atoms with E-state index in [0.29, 0.717) is 11.6 Å². The summed E-state index contributed by atoms with van der Waals surface area (Å²) < 4.78 is 1.88. The zero-order valence-electron chi connectivity index (χ0n) is 14.0. The molecule has 0 radical (unpaired) electrons. The van der Waals surface area contributed by atoms with Crippen LogP contribution < -0.4 is 0 Å². The second-order valence-corrected chi connectivity index (χ2v) is 6.59. The van der Waals surface area contributed by atoms with Gasteiger partial charge in [-0.1, -0.05) is 23.7 Å². The van der Waals surface area contributed by atoms with E-state index in [-0.39, 0.29) is 12.0 Å². The first-order valence-electron chi connectivity index (χ1n) is 8.25. The van der Waals surface area contributed by atoms with Crippen LogP contribution in [0.15, 0.2) is 48.7 Å². The van der Waals surface area contributed by atoms with Gasteiger partial charge in [-0.3, -0.25) is 4.79 Å². The van der Waals surface area contributed by atoms with Crippen LogP contribution in [0, 0.1) is 0 Å². The van der Waals surface area contributed by atoms with E-state index in [2.05, 4.69) is 0 Å². The summed E-state index contributed by atoms with van der Waals surface area (Å²) in [5.74, 6) is -1.84. The molecular weight excluding hydrogens is 354 g/mol. The number of hydrogen-bond acceptors (Lipinski definition) is 2. The lowest BCUT2D eigenvalue weighted by atomic mass is 10.0. The predicted octanol–water partition coefficient (Wildman–Crippen LogP) is 4.25. The van der Waals surface area contributed by atoms with Crippen molar-refractivity contribution in [2.24, 2.45) is 0 Å². The number of aliphatic carboxylic acids is 1. The Balaban J connectivity index is 1.93. The third-order valence-electron chi connectivity index (χ3n) is 4.37. The smallest absolute Gasteiger partial charge is 0.335 e. The van der Waals surface area contributed by atoms with Crippen LogP contribution in [0.2, 0.25) is 5.02 Å². The minimum absolute atomic E-state index is 0.0150. The fraction of sp³-hybridized carbons (Fsp3) is 0.200. The number of carbonyl (C=O) groups is 2. The second kappa shape index (κ2) is 7.62. The molecule has 134 valence electrons. The molecule has 0 saturated carbocycles. The Kier molecular flexibility index (Phi) is 5.28. The number of aromatic carboxylic acids is 1. The number of rotatable bonds is 7. The van der Waals surface area contributed by atoms with Crippen LogP contribution in [0.25, 0.3) is 10.9 Å². The molecule has 0 spiro atoms. The first kappa shape index (κ1) is 18.0. The number of carboxylic acid groups (broad SMARTS) is 2. The van der Waals surface area contributed by atoms with E-state index in [1.165, 1.54) is 0 Å². The molecule has 0 saturated heterocycles. The molecule has 5 nitrogen and oxygen atoms in total. The van der Waals surface area contributed by atoms with Crippen molar-refractivity contribution in [3.63, 3.8) is 0 Å². The minimum atomic E-state index is -0.978. The van der Waals surface area contributed by atoms with Crippen LogP contribution >= 0.6 is 11.6 Å². The van der Waals surface area contributed by atoms with E-state index in [4.69, 9.17) is 16.7 Å². The number of hydrogen-bond donors (Lipinski definition) is 2. The molecule has 3 rings (SSSR count). The molecule has 0 aliphatic heterocycles. The molecule has 6 heteroatoms. The first-order valence-corrected chi connectivity index (χ1v) is 8.63. The summed E-state index contributed by atoms with van der Waals surface area (Å²) in [4.78, 5) is 22.2. The Bertz CT molecular complexity index is 960. The lowest BCUT2D eigenvalue weighted by Gasteiger charge is -2.03. The summed E-state index contributed by atoms with van der Waals surface area (Å²) in [6, 6.07) is 12.6. The van der Waals surface area contributed by atoms with Gasteiger partial charge < -0.3 is 14.8 Å². The van der Waals surface area contributed by atoms with Crippen LogP contribution in [-0.2, 0) is 24.2 Å². The van der Waals surface area contributed by atoms with Gasteiger partial charge >= 0.3 is 11.9 Å². The van der Waals surface area contributed by atoms with Gasteiger partial charge in [0.05, 0.1) is 12.0 Å². The quantitative estimate of drug-likeness (QED) is 0.650. The molecule has 0 atom stereocenters. The minimum Gasteiger partial charge on any atom is -0.481 e. The Labute approximate surface area is 155 Å². The highest BCUT2D eigenvalue weighted by atomic mass is 35.5. The first-order chi connectivity index (χ1) is 12.4. The monoisotopic (exact) mass is 371 g/mol. The molecule has 2 aromatic carbocycles. The van der Waals surface area contributed by atoms with Crippen molar-refractivity contribution in [3.05, 3.63) is 70.4 Å². The fourth-order valence-electron chi connectivity index (χ4n) is 3.03. The standard InChI is InChI=1S/C20H18ClNO4/c21-16-6-2-13(3-7-16)1-4-15-12-22(10-9-19(23)24)18-8-5-14(20(25)26)11-17(15)18/h2-3,5-8,11-12H,1,4,9-10H2,(H,23,24)(H,25,26). The number of aryl methyl sites for hydroxylation is 3. The van der Waals surface area contributed by atoms with E-state index >= 15 is 0 Å². The molecule has 0 aliphatic rings. The van der Waals surface area contributed by atoms with Crippen molar-refractivity contribution in [3.8, 4) is 0 Å². The zero-order chi connectivity index (χ0) is 18.7. The van der Waals surface area contributed by atoms with Gasteiger partial charge in [-0.05, 0) is 54.3 Å². The normalized spacial score (nSPS) is 11.0. The average molecular weight is 372 g/mol. The number of fused-ring (bicyclic) bond motifs is 1. The van der Waals surface area contributed by atoms with Crippen LogP contribution in [0.5, 0.6) is 0 Å². The molecule has 0 unspecified atom stereocenters. The number of carboxylic acids is 2. The maximum Gasteiger partial charge on any atom is 0.335 e. The van der Waals surface area contributed by atoms with Crippen LogP contribution in [0.3, 0.4) is 0 Å². The molecule has 2 N–H and O–H groups in total. The second-order valence-electron chi connectivity index (χ2n) is 6.16. The van der Waals surface area contributed by atoms with E-state index in [1.54, 1.807) is 18.2 Å². The summed E-state index contributed by atoms with van der Waals surface area (Å²) in [6.45, 7) is 0.346. The number of halogens is 1. The lowest BCUT2D eigenvalue weighted by Crippen LogP contribution is -2.03. The molecule has 0 bridgehead atoms. The third kappa shape index (κ3) is 4.06. The number of nitrogens with zero attached hydrogens (tertiary/aromatic N) is 1. The molecule has 0 fully saturated rings. The van der Waals surface area contributed by atoms with Crippen LogP contribution in [0.1, 0.15) is 27.9 Å². The SMILES string of the molecule is O=C(O)CCn1cc(CCc2ccc(Cl)cc2)c2cc(C(=O)O)ccc21. The topological polar surface area (TPSA) is 79.5 Å². The Hall–Kier alpha value is -2.79. The number of aromatic nitrogens is 1. The fourth-order valence-corrected chi connectivity index (χ4v) is 3.16. The molecule has 26 heavy (non-hydrogen) atoms. The van der Waals surface area contributed by atoms with Crippen molar-refractivity contribution in [2.75, 3.05) is 0 Å². The highest BCUT2D eigenvalue weighted by Gasteiger charge is 2.13. The molecule has 1 heterocycles. The molecule has 0 amide bonds. The maximum atomic E-state index is 11.3. The van der Waals surface area contributed by atoms with Crippen LogP contribution in [-0.4, -0.2) is 26.7 Å². The largest absolute Gasteiger partial charge is 0.481 e. The zero-order valence-corrected chi connectivity index (χ0v) is 14.7. The Morgan fingerprint density at radius 1 is 1.00 bits per heavy atom. The van der Waals surface area contributed by atoms with Crippen molar-refractivity contribution < 1.29 is 19.8 Å². The summed E-state index contributed by atoms with van der Waals surface area (Å²) in [5.41, 5.74) is 3.21. The summed E-state index contributed by atoms with van der Waals surface area (Å²) in [6.07, 6.45) is 3.45. The van der Waals surface area contributed by atoms with Gasteiger partial charge in [0.25, 0.3) is 0 Å². The number of benzene rings is 2. The van der Waals surface area contributed by atoms with Gasteiger partial charge in [-0.25, -0.2) is 4.79 Å². The van der Waals surface area contributed by atoms with Crippen LogP contribution in [0.4, 0.5) is 0 Å². The van der Waals surface area contributed by atoms with E-state index in [0.717, 1.165) is 34.9 Å². The van der Waals surface area contributed by atoms with E-state index in [9.17, 15) is 14.7 Å². The highest BCUT2D eigenvalue weighted by molar-refractivity contribution is 6.30. The van der Waals surface area contributed by atoms with Crippen molar-refractivity contribution in [2.45, 2.75) is 25.8 Å². The molecule has 1 aromatic heterocycles. The van der Waals surface area contributed by atoms with E-state index < -0.39 is 11.9 Å². The Morgan fingerprint density at radius 2 is 1.73 bits per heavy atom. The molecule has 3 aromatic rings. The van der Waals surface area contributed by atoms with Crippen molar-refractivity contribution >= 4 is 34.4 Å². The van der Waals surface area contributed by atoms with Gasteiger partial charge in [0.15, 0.2) is 0 Å². The summed E-state index contributed by atoms with van der Waals surface area (Å²) in [7, 11) is 0. The predicted molar refractivity (Wildman–Crippen MR) is 100 cm³/mol. The van der Waals surface area contributed by atoms with Gasteiger partial charge in [-0.15, -0.1) is 0 Å². The van der Waals surface area contributed by atoms with E-state index in [1.807, 2.05) is 35.0 Å². The Morgan fingerprint density at radius 3 is 2.38 bits per heavy atom. The summed E-state index contributed by atoms with van der Waals surface area (Å²) >= 11 is 5.91. The highest BCUT2D eigenvalue weighted by Crippen LogP contribution is 2.25. The lowest BCUT2D eigenvalue weighted by molar-refractivity contribution is -0.137. The third-order valence-corrected chi connectivity index (χ3v) is 4.63. The van der Waals surface area contributed by atoms with Gasteiger partial charge in [0, 0.05) is 28.7 Å². The molecular formula is C20H18ClNO4. The van der Waals surface area contributed by atoms with Crippen molar-refractivity contribution in [1.29, 1.82) is 0 Å². The molecule has 0 aliphatic carbocycles. The maximum absolute atomic E-state index is 11.3.